The molecule has 2 aromatic rings. The number of benzene rings is 2. The van der Waals surface area contributed by atoms with Crippen LogP contribution in [0.1, 0.15) is 11.1 Å². The summed E-state index contributed by atoms with van der Waals surface area (Å²) in [4.78, 5) is 11.6. The summed E-state index contributed by atoms with van der Waals surface area (Å²) in [6.07, 6.45) is 0.459. The van der Waals surface area contributed by atoms with Gasteiger partial charge in [0.15, 0.2) is 17.5 Å². The molecule has 0 aromatic heterocycles. The zero-order chi connectivity index (χ0) is 18.2. The molecule has 26 heavy (non-hydrogen) atoms. The number of carbonyl (C=O) groups is 1. The maximum absolute atomic E-state index is 11.6. The molecule has 0 fully saturated rings. The number of quaternary nitrogens is 1. The minimum absolute atomic E-state index is 0. The van der Waals surface area contributed by atoms with Crippen molar-refractivity contribution in [2.45, 2.75) is 19.0 Å². The van der Waals surface area contributed by atoms with Gasteiger partial charge in [0.05, 0.1) is 21.3 Å². The van der Waals surface area contributed by atoms with Crippen LogP contribution in [0.3, 0.4) is 0 Å². The Bertz CT molecular complexity index is 683. The molecule has 0 aliphatic carbocycles. The smallest absolute Gasteiger partial charge is 0.362 e. The summed E-state index contributed by atoms with van der Waals surface area (Å²) in [5.41, 5.74) is 1.89. The Balaban J connectivity index is 0.00000338. The van der Waals surface area contributed by atoms with Gasteiger partial charge in [-0.05, 0) is 17.7 Å². The first-order valence-corrected chi connectivity index (χ1v) is 7.98. The van der Waals surface area contributed by atoms with E-state index in [0.29, 0.717) is 30.2 Å². The van der Waals surface area contributed by atoms with Gasteiger partial charge in [0, 0.05) is 12.0 Å². The van der Waals surface area contributed by atoms with Crippen molar-refractivity contribution >= 4 is 5.97 Å². The third-order valence-corrected chi connectivity index (χ3v) is 3.98. The van der Waals surface area contributed by atoms with E-state index in [2.05, 4.69) is 0 Å². The number of nitrogens with two attached hydrogens (primary N) is 1. The van der Waals surface area contributed by atoms with Gasteiger partial charge >= 0.3 is 5.97 Å². The van der Waals surface area contributed by atoms with Crippen LogP contribution in [-0.4, -0.2) is 38.4 Å². The van der Waals surface area contributed by atoms with Crippen LogP contribution in [0.5, 0.6) is 17.2 Å². The summed E-state index contributed by atoms with van der Waals surface area (Å²) in [7, 11) is 4.66. The average molecular weight is 382 g/mol. The van der Waals surface area contributed by atoms with Gasteiger partial charge in [0.2, 0.25) is 5.75 Å². The van der Waals surface area contributed by atoms with Gasteiger partial charge in [0.1, 0.15) is 6.54 Å². The van der Waals surface area contributed by atoms with Crippen molar-refractivity contribution in [3.8, 4) is 17.2 Å². The lowest BCUT2D eigenvalue weighted by atomic mass is 10.1. The highest BCUT2D eigenvalue weighted by molar-refractivity contribution is 5.72. The molecule has 0 aliphatic rings. The van der Waals surface area contributed by atoms with Crippen molar-refractivity contribution in [2.24, 2.45) is 0 Å². The highest BCUT2D eigenvalue weighted by Gasteiger charge is 2.22. The molecule has 142 valence electrons. The number of halogens is 1. The van der Waals surface area contributed by atoms with Crippen molar-refractivity contribution in [1.82, 2.24) is 0 Å². The Morgan fingerprint density at radius 2 is 1.58 bits per heavy atom. The summed E-state index contributed by atoms with van der Waals surface area (Å²) >= 11 is 0. The van der Waals surface area contributed by atoms with Gasteiger partial charge in [-0.3, -0.25) is 0 Å². The second-order valence-electron chi connectivity index (χ2n) is 5.61. The summed E-state index contributed by atoms with van der Waals surface area (Å²) < 4.78 is 16.0. The first kappa shape index (κ1) is 21.6. The Labute approximate surface area is 159 Å². The van der Waals surface area contributed by atoms with E-state index in [4.69, 9.17) is 14.2 Å². The van der Waals surface area contributed by atoms with Crippen molar-refractivity contribution in [2.75, 3.05) is 21.3 Å². The monoisotopic (exact) mass is 381 g/mol. The highest BCUT2D eigenvalue weighted by atomic mass is 35.5. The average Bonchev–Trinajstić information content (AvgIpc) is 2.64. The predicted octanol–water partition coefficient (Wildman–Crippen LogP) is -1.52. The Hall–Kier alpha value is -2.44. The number of methoxy groups -OCH3 is 3. The van der Waals surface area contributed by atoms with Crippen LogP contribution in [-0.2, 0) is 17.8 Å². The molecule has 2 aromatic carbocycles. The van der Waals surface area contributed by atoms with Crippen LogP contribution >= 0.6 is 0 Å². The largest absolute Gasteiger partial charge is 1.00 e. The molecule has 1 atom stereocenters. The zero-order valence-electron chi connectivity index (χ0n) is 15.1. The molecule has 0 saturated carbocycles. The molecule has 1 unspecified atom stereocenters. The molecule has 6 nitrogen and oxygen atoms in total. The maximum atomic E-state index is 11.6. The van der Waals surface area contributed by atoms with Crippen molar-refractivity contribution < 1.29 is 41.8 Å². The molecular weight excluding hydrogens is 358 g/mol. The quantitative estimate of drug-likeness (QED) is 0.551. The molecule has 0 amide bonds. The Kier molecular flexibility index (Phi) is 8.75. The van der Waals surface area contributed by atoms with Gasteiger partial charge in [0.25, 0.3) is 0 Å². The molecule has 0 saturated heterocycles. The number of carboxylic acid groups (broad SMARTS) is 1. The lowest BCUT2D eigenvalue weighted by Crippen LogP contribution is -3.00. The molecule has 2 rings (SSSR count). The first-order chi connectivity index (χ1) is 12.1. The third-order valence-electron chi connectivity index (χ3n) is 3.98. The zero-order valence-corrected chi connectivity index (χ0v) is 15.8. The maximum Gasteiger partial charge on any atom is 0.362 e. The van der Waals surface area contributed by atoms with Crippen LogP contribution < -0.4 is 31.9 Å². The van der Waals surface area contributed by atoms with Crippen LogP contribution in [0, 0.1) is 0 Å². The Morgan fingerprint density at radius 3 is 2.04 bits per heavy atom. The van der Waals surface area contributed by atoms with E-state index in [9.17, 15) is 9.90 Å². The van der Waals surface area contributed by atoms with E-state index in [1.54, 1.807) is 26.6 Å². The van der Waals surface area contributed by atoms with Crippen LogP contribution in [0.15, 0.2) is 42.5 Å². The summed E-state index contributed by atoms with van der Waals surface area (Å²) in [6, 6.07) is 12.7. The summed E-state index contributed by atoms with van der Waals surface area (Å²) in [6.45, 7) is 0.487. The second kappa shape index (κ2) is 10.5. The van der Waals surface area contributed by atoms with Crippen LogP contribution in [0.4, 0.5) is 0 Å². The lowest BCUT2D eigenvalue weighted by molar-refractivity contribution is -0.693. The van der Waals surface area contributed by atoms with Gasteiger partial charge < -0.3 is 37.0 Å². The van der Waals surface area contributed by atoms with Crippen molar-refractivity contribution in [3.63, 3.8) is 0 Å². The number of ether oxygens (including phenoxy) is 3. The fourth-order valence-corrected chi connectivity index (χ4v) is 2.67. The predicted molar refractivity (Wildman–Crippen MR) is 93.3 cm³/mol. The SMILES string of the molecule is COc1cc(C[NH2+]C(Cc2ccccc2)C(=O)O)cc(OC)c1OC.[Cl-]. The standard InChI is InChI=1S/C19H23NO5.ClH/c1-23-16-10-14(11-17(24-2)18(16)25-3)12-20-15(19(21)22)9-13-7-5-4-6-8-13;/h4-8,10-11,15,20H,9,12H2,1-3H3,(H,21,22);1H. The second-order valence-corrected chi connectivity index (χ2v) is 5.61. The first-order valence-electron chi connectivity index (χ1n) is 7.98. The van der Waals surface area contributed by atoms with Crippen LogP contribution in [0.2, 0.25) is 0 Å². The molecule has 0 aliphatic heterocycles. The van der Waals surface area contributed by atoms with Gasteiger partial charge in [-0.1, -0.05) is 30.3 Å². The molecule has 0 heterocycles. The minimum Gasteiger partial charge on any atom is -1.00 e. The fourth-order valence-electron chi connectivity index (χ4n) is 2.67. The minimum atomic E-state index is -0.837. The van der Waals surface area contributed by atoms with E-state index in [-0.39, 0.29) is 12.4 Å². The van der Waals surface area contributed by atoms with E-state index >= 15 is 0 Å². The lowest BCUT2D eigenvalue weighted by Gasteiger charge is -2.15. The third kappa shape index (κ3) is 5.54. The number of hydrogen-bond donors (Lipinski definition) is 2. The summed E-state index contributed by atoms with van der Waals surface area (Å²) in [5.74, 6) is 0.796. The van der Waals surface area contributed by atoms with E-state index in [0.717, 1.165) is 11.1 Å². The molecule has 0 bridgehead atoms. The van der Waals surface area contributed by atoms with Crippen molar-refractivity contribution in [1.29, 1.82) is 0 Å². The fraction of sp³-hybridized carbons (Fsp3) is 0.316. The highest BCUT2D eigenvalue weighted by Crippen LogP contribution is 2.37. The Morgan fingerprint density at radius 1 is 1.00 bits per heavy atom. The van der Waals surface area contributed by atoms with E-state index in [1.165, 1.54) is 0 Å². The van der Waals surface area contributed by atoms with Crippen molar-refractivity contribution in [3.05, 3.63) is 53.6 Å². The van der Waals surface area contributed by atoms with E-state index < -0.39 is 12.0 Å². The molecule has 3 N–H and O–H groups in total. The van der Waals surface area contributed by atoms with Gasteiger partial charge in [-0.25, -0.2) is 4.79 Å². The van der Waals surface area contributed by atoms with E-state index in [1.807, 2.05) is 42.5 Å². The molecule has 7 heteroatoms. The topological polar surface area (TPSA) is 81.6 Å². The number of carboxylic acids is 1. The van der Waals surface area contributed by atoms with Gasteiger partial charge in [-0.2, -0.15) is 0 Å². The number of rotatable bonds is 9. The molecular formula is C19H24ClNO5. The van der Waals surface area contributed by atoms with Gasteiger partial charge in [-0.15, -0.1) is 0 Å². The van der Waals surface area contributed by atoms with Crippen LogP contribution in [0.25, 0.3) is 0 Å². The molecule has 0 spiro atoms. The number of hydrogen-bond acceptors (Lipinski definition) is 4. The molecule has 0 radical (unpaired) electrons. The summed E-state index contributed by atoms with van der Waals surface area (Å²) in [5, 5.41) is 11.3. The number of aliphatic carboxylic acids is 1. The normalized spacial score (nSPS) is 11.2.